The van der Waals surface area contributed by atoms with Crippen LogP contribution in [0.1, 0.15) is 15.9 Å². The molecule has 0 spiro atoms. The first kappa shape index (κ1) is 9.32. The van der Waals surface area contributed by atoms with Crippen LogP contribution in [0.5, 0.6) is 0 Å². The van der Waals surface area contributed by atoms with Gasteiger partial charge in [-0.1, -0.05) is 0 Å². The van der Waals surface area contributed by atoms with Crippen molar-refractivity contribution in [1.29, 1.82) is 10.5 Å². The molecule has 70 valence electrons. The fraction of sp³-hybridized carbons (Fsp3) is 0. The Morgan fingerprint density at radius 2 is 1.67 bits per heavy atom. The Kier molecular flexibility index (Phi) is 1.96. The van der Waals surface area contributed by atoms with Crippen LogP contribution in [0.15, 0.2) is 16.3 Å². The van der Waals surface area contributed by atoms with Crippen molar-refractivity contribution in [1.82, 2.24) is 0 Å². The Morgan fingerprint density at radius 3 is 2.27 bits per heavy atom. The number of nitrogens with zero attached hydrogens (tertiary/aromatic N) is 2. The molecule has 5 heteroatoms. The number of carbonyl (C=O) groups excluding carboxylic acids is 2. The molecule has 1 aromatic heterocycles. The molecule has 0 saturated carbocycles. The number of Topliss-reactive ketones (excluding diaryl/α,β-unsaturated/α-hetero) is 2. The number of hydrogen-bond donors (Lipinski definition) is 0. The van der Waals surface area contributed by atoms with Crippen LogP contribution in [0.25, 0.3) is 5.57 Å². The molecule has 0 bridgehead atoms. The molecule has 2 rings (SSSR count). The van der Waals surface area contributed by atoms with E-state index in [1.807, 2.05) is 0 Å². The molecule has 1 aliphatic rings. The number of fused-ring (bicyclic) bond motifs is 1. The van der Waals surface area contributed by atoms with Crippen LogP contribution in [0.3, 0.4) is 0 Å². The Balaban J connectivity index is 2.80. The normalized spacial score (nSPS) is 13.3. The van der Waals surface area contributed by atoms with Crippen molar-refractivity contribution >= 4 is 28.5 Å². The molecule has 1 aliphatic carbocycles. The van der Waals surface area contributed by atoms with Gasteiger partial charge in [0.15, 0.2) is 0 Å². The van der Waals surface area contributed by atoms with E-state index in [1.54, 1.807) is 22.9 Å². The minimum Gasteiger partial charge on any atom is -0.285 e. The zero-order chi connectivity index (χ0) is 11.0. The van der Waals surface area contributed by atoms with E-state index in [9.17, 15) is 9.59 Å². The van der Waals surface area contributed by atoms with Gasteiger partial charge in [0, 0.05) is 16.5 Å². The number of hydrogen-bond acceptors (Lipinski definition) is 5. The van der Waals surface area contributed by atoms with Gasteiger partial charge < -0.3 is 0 Å². The van der Waals surface area contributed by atoms with E-state index in [-0.39, 0.29) is 11.1 Å². The van der Waals surface area contributed by atoms with Crippen molar-refractivity contribution < 1.29 is 9.59 Å². The van der Waals surface area contributed by atoms with Crippen molar-refractivity contribution in [2.75, 3.05) is 0 Å². The van der Waals surface area contributed by atoms with Crippen molar-refractivity contribution in [2.24, 2.45) is 0 Å². The monoisotopic (exact) mass is 214 g/mol. The molecule has 15 heavy (non-hydrogen) atoms. The van der Waals surface area contributed by atoms with Crippen molar-refractivity contribution in [3.8, 4) is 12.1 Å². The average Bonchev–Trinajstić information content (AvgIpc) is 2.78. The Hall–Kier alpha value is -2.24. The highest BCUT2D eigenvalue weighted by Crippen LogP contribution is 2.34. The van der Waals surface area contributed by atoms with Crippen LogP contribution in [-0.4, -0.2) is 11.6 Å². The standard InChI is InChI=1S/C10H2N2O2S/c11-1-5(2-12)8-6-3-15-4-7(6)9(13)10(8)14/h3-4H. The maximum Gasteiger partial charge on any atom is 0.236 e. The predicted octanol–water partition coefficient (Wildman–Crippen LogP) is 1.31. The lowest BCUT2D eigenvalue weighted by atomic mass is 10.1. The average molecular weight is 214 g/mol. The molecule has 0 saturated heterocycles. The van der Waals surface area contributed by atoms with Crippen LogP contribution in [0.2, 0.25) is 0 Å². The van der Waals surface area contributed by atoms with Gasteiger partial charge in [-0.05, 0) is 5.38 Å². The molecule has 0 fully saturated rings. The van der Waals surface area contributed by atoms with Crippen molar-refractivity contribution in [3.63, 3.8) is 0 Å². The summed E-state index contributed by atoms with van der Waals surface area (Å²) in [5.41, 5.74) is 0.350. The molecular formula is C10H2N2O2S. The summed E-state index contributed by atoms with van der Waals surface area (Å²) in [5, 5.41) is 20.5. The van der Waals surface area contributed by atoms with Gasteiger partial charge >= 0.3 is 0 Å². The van der Waals surface area contributed by atoms with Crippen LogP contribution in [0.4, 0.5) is 0 Å². The summed E-state index contributed by atoms with van der Waals surface area (Å²) >= 11 is 1.26. The Morgan fingerprint density at radius 1 is 1.07 bits per heavy atom. The number of allylic oxidation sites excluding steroid dienone is 2. The molecule has 0 amide bonds. The molecule has 0 N–H and O–H groups in total. The topological polar surface area (TPSA) is 81.7 Å². The summed E-state index contributed by atoms with van der Waals surface area (Å²) in [6.07, 6.45) is 0. The maximum absolute atomic E-state index is 11.5. The minimum atomic E-state index is -0.758. The lowest BCUT2D eigenvalue weighted by Gasteiger charge is -1.91. The lowest BCUT2D eigenvalue weighted by Crippen LogP contribution is -2.06. The highest BCUT2D eigenvalue weighted by Gasteiger charge is 2.36. The number of nitriles is 2. The third kappa shape index (κ3) is 1.11. The quantitative estimate of drug-likeness (QED) is 0.370. The van der Waals surface area contributed by atoms with Crippen molar-refractivity contribution in [2.45, 2.75) is 0 Å². The largest absolute Gasteiger partial charge is 0.285 e. The zero-order valence-electron chi connectivity index (χ0n) is 7.27. The zero-order valence-corrected chi connectivity index (χ0v) is 8.09. The van der Waals surface area contributed by atoms with E-state index in [2.05, 4.69) is 0 Å². The summed E-state index contributed by atoms with van der Waals surface area (Å²) in [7, 11) is 0. The van der Waals surface area contributed by atoms with Gasteiger partial charge in [-0.3, -0.25) is 9.59 Å². The molecule has 0 unspecified atom stereocenters. The number of ketones is 2. The van der Waals surface area contributed by atoms with Gasteiger partial charge in [-0.25, -0.2) is 0 Å². The summed E-state index contributed by atoms with van der Waals surface area (Å²) in [5.74, 6) is -1.39. The first-order valence-electron chi connectivity index (χ1n) is 3.90. The smallest absolute Gasteiger partial charge is 0.236 e. The van der Waals surface area contributed by atoms with Gasteiger partial charge in [0.1, 0.15) is 17.7 Å². The summed E-state index contributed by atoms with van der Waals surface area (Å²) < 4.78 is 0. The highest BCUT2D eigenvalue weighted by atomic mass is 32.1. The van der Waals surface area contributed by atoms with Crippen LogP contribution in [0, 0.1) is 22.7 Å². The van der Waals surface area contributed by atoms with E-state index in [1.165, 1.54) is 11.3 Å². The first-order chi connectivity index (χ1) is 7.20. The molecular weight excluding hydrogens is 212 g/mol. The van der Waals surface area contributed by atoms with Gasteiger partial charge in [0.25, 0.3) is 0 Å². The lowest BCUT2D eigenvalue weighted by molar-refractivity contribution is -0.109. The van der Waals surface area contributed by atoms with E-state index >= 15 is 0 Å². The molecule has 1 aromatic rings. The van der Waals surface area contributed by atoms with Crippen molar-refractivity contribution in [3.05, 3.63) is 27.5 Å². The fourth-order valence-corrected chi connectivity index (χ4v) is 2.23. The Labute approximate surface area is 88.7 Å². The Bertz CT molecular complexity index is 580. The van der Waals surface area contributed by atoms with Gasteiger partial charge in [-0.15, -0.1) is 0 Å². The van der Waals surface area contributed by atoms with Gasteiger partial charge in [0.05, 0.1) is 5.57 Å². The minimum absolute atomic E-state index is 0.0544. The van der Waals surface area contributed by atoms with E-state index in [4.69, 9.17) is 10.5 Å². The van der Waals surface area contributed by atoms with Crippen LogP contribution < -0.4 is 0 Å². The number of thiophene rings is 1. The number of rotatable bonds is 0. The van der Waals surface area contributed by atoms with Gasteiger partial charge in [-0.2, -0.15) is 21.9 Å². The third-order valence-corrected chi connectivity index (χ3v) is 2.83. The summed E-state index contributed by atoms with van der Waals surface area (Å²) in [6, 6.07) is 3.25. The second-order valence-corrected chi connectivity index (χ2v) is 3.57. The molecule has 1 heterocycles. The molecule has 0 radical (unpaired) electrons. The second kappa shape index (κ2) is 3.16. The summed E-state index contributed by atoms with van der Waals surface area (Å²) in [4.78, 5) is 22.9. The highest BCUT2D eigenvalue weighted by molar-refractivity contribution is 7.09. The fourth-order valence-electron chi connectivity index (χ4n) is 1.41. The van der Waals surface area contributed by atoms with Crippen LogP contribution >= 0.6 is 11.3 Å². The molecule has 0 atom stereocenters. The number of carbonyl (C=O) groups is 2. The predicted molar refractivity (Wildman–Crippen MR) is 51.8 cm³/mol. The SMILES string of the molecule is N#CC(C#N)=C1C(=O)C(=O)c2cscc21. The molecule has 0 aliphatic heterocycles. The van der Waals surface area contributed by atoms with Gasteiger partial charge in [0.2, 0.25) is 11.6 Å². The third-order valence-electron chi connectivity index (χ3n) is 2.08. The summed E-state index contributed by atoms with van der Waals surface area (Å²) in [6.45, 7) is 0. The maximum atomic E-state index is 11.5. The van der Waals surface area contributed by atoms with E-state index in [0.29, 0.717) is 11.1 Å². The molecule has 0 aromatic carbocycles. The van der Waals surface area contributed by atoms with E-state index < -0.39 is 11.6 Å². The second-order valence-electron chi connectivity index (χ2n) is 2.83. The first-order valence-corrected chi connectivity index (χ1v) is 4.85. The van der Waals surface area contributed by atoms with E-state index in [0.717, 1.165) is 0 Å². The molecule has 4 nitrogen and oxygen atoms in total. The van der Waals surface area contributed by atoms with Crippen LogP contribution in [-0.2, 0) is 4.79 Å².